The van der Waals surface area contributed by atoms with Crippen LogP contribution in [0.2, 0.25) is 15.1 Å². The van der Waals surface area contributed by atoms with Gasteiger partial charge >= 0.3 is 0 Å². The second kappa shape index (κ2) is 8.33. The number of anilines is 1. The SMILES string of the molecule is O=C(COc1cc(Cl)c(Cl)cc1Cl)N1CCN(c2ccccc2F)CC1. The fourth-order valence-corrected chi connectivity index (χ4v) is 3.34. The van der Waals surface area contributed by atoms with Crippen LogP contribution in [0.15, 0.2) is 36.4 Å². The lowest BCUT2D eigenvalue weighted by atomic mass is 10.2. The van der Waals surface area contributed by atoms with Crippen LogP contribution in [0.4, 0.5) is 10.1 Å². The van der Waals surface area contributed by atoms with Crippen LogP contribution >= 0.6 is 34.8 Å². The van der Waals surface area contributed by atoms with Crippen molar-refractivity contribution in [2.75, 3.05) is 37.7 Å². The number of amides is 1. The minimum Gasteiger partial charge on any atom is -0.482 e. The van der Waals surface area contributed by atoms with E-state index in [9.17, 15) is 9.18 Å². The Labute approximate surface area is 166 Å². The van der Waals surface area contributed by atoms with Crippen LogP contribution in [0.1, 0.15) is 0 Å². The molecule has 0 bridgehead atoms. The van der Waals surface area contributed by atoms with Gasteiger partial charge in [0.1, 0.15) is 11.6 Å². The predicted molar refractivity (Wildman–Crippen MR) is 102 cm³/mol. The summed E-state index contributed by atoms with van der Waals surface area (Å²) in [6.07, 6.45) is 0. The summed E-state index contributed by atoms with van der Waals surface area (Å²) in [5.41, 5.74) is 0.554. The predicted octanol–water partition coefficient (Wildman–Crippen LogP) is 4.51. The molecule has 1 fully saturated rings. The summed E-state index contributed by atoms with van der Waals surface area (Å²) in [5, 5.41) is 0.910. The van der Waals surface area contributed by atoms with E-state index < -0.39 is 0 Å². The highest BCUT2D eigenvalue weighted by Gasteiger charge is 2.23. The standard InChI is InChI=1S/C18H16Cl3FN2O2/c19-12-9-14(21)17(10-13(12)20)26-11-18(25)24-7-5-23(6-8-24)16-4-2-1-3-15(16)22/h1-4,9-10H,5-8,11H2. The molecule has 1 aliphatic rings. The molecule has 0 saturated carbocycles. The molecule has 3 rings (SSSR count). The fourth-order valence-electron chi connectivity index (χ4n) is 2.75. The maximum atomic E-state index is 13.9. The highest BCUT2D eigenvalue weighted by atomic mass is 35.5. The molecule has 2 aromatic rings. The molecule has 0 atom stereocenters. The average Bonchev–Trinajstić information content (AvgIpc) is 2.64. The number of carbonyl (C=O) groups excluding carboxylic acids is 1. The number of ether oxygens (including phenoxy) is 1. The summed E-state index contributed by atoms with van der Waals surface area (Å²) < 4.78 is 19.3. The third-order valence-electron chi connectivity index (χ3n) is 4.15. The first kappa shape index (κ1) is 19.1. The van der Waals surface area contributed by atoms with E-state index in [4.69, 9.17) is 39.5 Å². The van der Waals surface area contributed by atoms with Gasteiger partial charge in [-0.1, -0.05) is 46.9 Å². The Morgan fingerprint density at radius 3 is 2.35 bits per heavy atom. The maximum Gasteiger partial charge on any atom is 0.260 e. The zero-order valence-corrected chi connectivity index (χ0v) is 16.0. The number of hydrogen-bond acceptors (Lipinski definition) is 3. The monoisotopic (exact) mass is 416 g/mol. The lowest BCUT2D eigenvalue weighted by Gasteiger charge is -2.36. The molecule has 0 N–H and O–H groups in total. The fraction of sp³-hybridized carbons (Fsp3) is 0.278. The number of halogens is 4. The summed E-state index contributed by atoms with van der Waals surface area (Å²) in [7, 11) is 0. The van der Waals surface area contributed by atoms with Gasteiger partial charge in [-0.05, 0) is 18.2 Å². The molecule has 4 nitrogen and oxygen atoms in total. The molecule has 138 valence electrons. The Bertz CT molecular complexity index is 811. The van der Waals surface area contributed by atoms with Crippen LogP contribution in [0, 0.1) is 5.82 Å². The largest absolute Gasteiger partial charge is 0.482 e. The number of piperazine rings is 1. The number of rotatable bonds is 4. The normalized spacial score (nSPS) is 14.5. The Kier molecular flexibility index (Phi) is 6.12. The highest BCUT2D eigenvalue weighted by molar-refractivity contribution is 6.43. The van der Waals surface area contributed by atoms with E-state index in [1.807, 2.05) is 4.90 Å². The van der Waals surface area contributed by atoms with Crippen LogP contribution in [0.25, 0.3) is 0 Å². The van der Waals surface area contributed by atoms with Crippen molar-refractivity contribution in [3.63, 3.8) is 0 Å². The van der Waals surface area contributed by atoms with Crippen molar-refractivity contribution in [3.8, 4) is 5.75 Å². The number of para-hydroxylation sites is 1. The van der Waals surface area contributed by atoms with Crippen molar-refractivity contribution < 1.29 is 13.9 Å². The molecule has 0 radical (unpaired) electrons. The molecular formula is C18H16Cl3FN2O2. The van der Waals surface area contributed by atoms with Gasteiger partial charge in [0.25, 0.3) is 5.91 Å². The summed E-state index contributed by atoms with van der Waals surface area (Å²) in [4.78, 5) is 16.0. The third kappa shape index (κ3) is 4.34. The molecule has 0 spiro atoms. The zero-order chi connectivity index (χ0) is 18.7. The molecule has 0 aromatic heterocycles. The number of benzene rings is 2. The smallest absolute Gasteiger partial charge is 0.260 e. The first-order valence-electron chi connectivity index (χ1n) is 8.00. The average molecular weight is 418 g/mol. The van der Waals surface area contributed by atoms with E-state index in [2.05, 4.69) is 0 Å². The number of hydrogen-bond donors (Lipinski definition) is 0. The first-order valence-corrected chi connectivity index (χ1v) is 9.13. The molecule has 8 heteroatoms. The third-order valence-corrected chi connectivity index (χ3v) is 5.17. The Morgan fingerprint density at radius 2 is 1.65 bits per heavy atom. The van der Waals surface area contributed by atoms with E-state index in [-0.39, 0.29) is 23.4 Å². The van der Waals surface area contributed by atoms with E-state index in [1.165, 1.54) is 18.2 Å². The lowest BCUT2D eigenvalue weighted by Crippen LogP contribution is -2.50. The summed E-state index contributed by atoms with van der Waals surface area (Å²) in [6.45, 7) is 1.94. The van der Waals surface area contributed by atoms with Gasteiger partial charge in [0.05, 0.1) is 20.8 Å². The Balaban J connectivity index is 1.54. The van der Waals surface area contributed by atoms with Gasteiger partial charge in [0.2, 0.25) is 0 Å². The molecule has 1 amide bonds. The van der Waals surface area contributed by atoms with Gasteiger partial charge in [0, 0.05) is 32.2 Å². The maximum absolute atomic E-state index is 13.9. The van der Waals surface area contributed by atoms with Gasteiger partial charge in [-0.15, -0.1) is 0 Å². The molecule has 1 aliphatic heterocycles. The molecular weight excluding hydrogens is 402 g/mol. The molecule has 26 heavy (non-hydrogen) atoms. The van der Waals surface area contributed by atoms with Crippen LogP contribution in [-0.4, -0.2) is 43.6 Å². The Morgan fingerprint density at radius 1 is 1.00 bits per heavy atom. The van der Waals surface area contributed by atoms with Crippen LogP contribution < -0.4 is 9.64 Å². The van der Waals surface area contributed by atoms with E-state index in [0.29, 0.717) is 47.7 Å². The number of nitrogens with zero attached hydrogens (tertiary/aromatic N) is 2. The molecule has 0 unspecified atom stereocenters. The van der Waals surface area contributed by atoms with E-state index >= 15 is 0 Å². The summed E-state index contributed by atoms with van der Waals surface area (Å²) >= 11 is 17.8. The van der Waals surface area contributed by atoms with Gasteiger partial charge in [-0.25, -0.2) is 4.39 Å². The summed E-state index contributed by atoms with van der Waals surface area (Å²) in [5.74, 6) is -0.121. The minimum atomic E-state index is -0.259. The minimum absolute atomic E-state index is 0.155. The van der Waals surface area contributed by atoms with Crippen LogP contribution in [0.5, 0.6) is 5.75 Å². The molecule has 0 aliphatic carbocycles. The molecule has 1 saturated heterocycles. The highest BCUT2D eigenvalue weighted by Crippen LogP contribution is 2.33. The Hall–Kier alpha value is -1.69. The zero-order valence-electron chi connectivity index (χ0n) is 13.7. The van der Waals surface area contributed by atoms with Gasteiger partial charge in [-0.3, -0.25) is 4.79 Å². The van der Waals surface area contributed by atoms with Crippen molar-refractivity contribution in [3.05, 3.63) is 57.3 Å². The quantitative estimate of drug-likeness (QED) is 0.686. The topological polar surface area (TPSA) is 32.8 Å². The van der Waals surface area contributed by atoms with Crippen LogP contribution in [-0.2, 0) is 4.79 Å². The first-order chi connectivity index (χ1) is 12.5. The van der Waals surface area contributed by atoms with Crippen molar-refractivity contribution in [1.29, 1.82) is 0 Å². The van der Waals surface area contributed by atoms with E-state index in [0.717, 1.165) is 0 Å². The van der Waals surface area contributed by atoms with Crippen molar-refractivity contribution in [2.24, 2.45) is 0 Å². The number of carbonyl (C=O) groups is 1. The van der Waals surface area contributed by atoms with Gasteiger partial charge in [-0.2, -0.15) is 0 Å². The van der Waals surface area contributed by atoms with Crippen LogP contribution in [0.3, 0.4) is 0 Å². The van der Waals surface area contributed by atoms with Gasteiger partial charge < -0.3 is 14.5 Å². The molecule has 1 heterocycles. The van der Waals surface area contributed by atoms with E-state index in [1.54, 1.807) is 23.1 Å². The van der Waals surface area contributed by atoms with Gasteiger partial charge in [0.15, 0.2) is 6.61 Å². The van der Waals surface area contributed by atoms with Crippen molar-refractivity contribution >= 4 is 46.4 Å². The second-order valence-electron chi connectivity index (χ2n) is 5.80. The summed E-state index contributed by atoms with van der Waals surface area (Å²) in [6, 6.07) is 9.58. The van der Waals surface area contributed by atoms with Crippen molar-refractivity contribution in [2.45, 2.75) is 0 Å². The lowest BCUT2D eigenvalue weighted by molar-refractivity contribution is -0.133. The van der Waals surface area contributed by atoms with Crippen molar-refractivity contribution in [1.82, 2.24) is 4.90 Å². The molecule has 2 aromatic carbocycles. The second-order valence-corrected chi connectivity index (χ2v) is 7.03.